The lowest BCUT2D eigenvalue weighted by atomic mass is 10.1. The Balaban J connectivity index is 1.84. The third kappa shape index (κ3) is 2.63. The molecule has 2 aromatic carbocycles. The second-order valence-electron chi connectivity index (χ2n) is 4.44. The normalized spacial score (nSPS) is 11.0. The SMILES string of the molecule is Nc1cc(Br)cc2nc(CCc3ccccc3)oc12. The first-order valence-electron chi connectivity index (χ1n) is 6.11. The minimum atomic E-state index is 0.614. The molecule has 0 unspecified atom stereocenters. The van der Waals surface area contributed by atoms with Gasteiger partial charge in [-0.2, -0.15) is 0 Å². The molecule has 3 aromatic rings. The maximum absolute atomic E-state index is 5.91. The molecule has 0 saturated carbocycles. The molecule has 0 atom stereocenters. The van der Waals surface area contributed by atoms with E-state index in [2.05, 4.69) is 33.0 Å². The molecule has 3 rings (SSSR count). The van der Waals surface area contributed by atoms with Gasteiger partial charge >= 0.3 is 0 Å². The first-order valence-corrected chi connectivity index (χ1v) is 6.90. The van der Waals surface area contributed by atoms with Gasteiger partial charge in [0, 0.05) is 10.9 Å². The topological polar surface area (TPSA) is 52.0 Å². The molecule has 0 spiro atoms. The average molecular weight is 317 g/mol. The maximum Gasteiger partial charge on any atom is 0.195 e. The van der Waals surface area contributed by atoms with Gasteiger partial charge in [-0.05, 0) is 24.1 Å². The summed E-state index contributed by atoms with van der Waals surface area (Å²) in [4.78, 5) is 4.47. The van der Waals surface area contributed by atoms with Gasteiger partial charge in [0.15, 0.2) is 11.5 Å². The molecule has 0 bridgehead atoms. The van der Waals surface area contributed by atoms with Gasteiger partial charge < -0.3 is 10.2 Å². The van der Waals surface area contributed by atoms with Crippen LogP contribution in [0.5, 0.6) is 0 Å². The summed E-state index contributed by atoms with van der Waals surface area (Å²) in [6, 6.07) is 14.0. The molecule has 2 N–H and O–H groups in total. The van der Waals surface area contributed by atoms with Gasteiger partial charge in [0.2, 0.25) is 0 Å². The second-order valence-corrected chi connectivity index (χ2v) is 5.35. The zero-order chi connectivity index (χ0) is 13.2. The molecule has 1 heterocycles. The Morgan fingerprint density at radius 1 is 1.11 bits per heavy atom. The van der Waals surface area contributed by atoms with Crippen molar-refractivity contribution in [3.63, 3.8) is 0 Å². The fourth-order valence-electron chi connectivity index (χ4n) is 2.07. The zero-order valence-electron chi connectivity index (χ0n) is 10.3. The van der Waals surface area contributed by atoms with Crippen LogP contribution in [0.25, 0.3) is 11.1 Å². The first kappa shape index (κ1) is 12.2. The molecule has 0 aliphatic heterocycles. The lowest BCUT2D eigenvalue weighted by Crippen LogP contribution is -1.90. The van der Waals surface area contributed by atoms with Crippen LogP contribution in [0.3, 0.4) is 0 Å². The van der Waals surface area contributed by atoms with E-state index in [0.29, 0.717) is 11.3 Å². The number of fused-ring (bicyclic) bond motifs is 1. The third-order valence-corrected chi connectivity index (χ3v) is 3.46. The number of nitrogens with zero attached hydrogens (tertiary/aromatic N) is 1. The zero-order valence-corrected chi connectivity index (χ0v) is 11.9. The Bertz CT molecular complexity index is 707. The van der Waals surface area contributed by atoms with Crippen molar-refractivity contribution in [3.05, 3.63) is 58.4 Å². The Hall–Kier alpha value is -1.81. The van der Waals surface area contributed by atoms with Gasteiger partial charge in [0.05, 0.1) is 5.69 Å². The molecule has 19 heavy (non-hydrogen) atoms. The summed E-state index contributed by atoms with van der Waals surface area (Å²) in [6.45, 7) is 0. The highest BCUT2D eigenvalue weighted by Crippen LogP contribution is 2.27. The second kappa shape index (κ2) is 5.05. The summed E-state index contributed by atoms with van der Waals surface area (Å²) in [5.74, 6) is 0.726. The summed E-state index contributed by atoms with van der Waals surface area (Å²) >= 11 is 3.41. The Kier molecular flexibility index (Phi) is 3.25. The predicted molar refractivity (Wildman–Crippen MR) is 80.0 cm³/mol. The van der Waals surface area contributed by atoms with Gasteiger partial charge in [0.1, 0.15) is 5.52 Å². The number of oxazole rings is 1. The van der Waals surface area contributed by atoms with E-state index in [1.165, 1.54) is 5.56 Å². The number of benzene rings is 2. The molecule has 0 aliphatic rings. The molecule has 96 valence electrons. The van der Waals surface area contributed by atoms with Crippen molar-refractivity contribution >= 4 is 32.7 Å². The van der Waals surface area contributed by atoms with E-state index >= 15 is 0 Å². The number of anilines is 1. The van der Waals surface area contributed by atoms with Crippen LogP contribution in [0, 0.1) is 0 Å². The summed E-state index contributed by atoms with van der Waals surface area (Å²) in [6.07, 6.45) is 1.69. The number of nitrogens with two attached hydrogens (primary N) is 1. The average Bonchev–Trinajstić information content (AvgIpc) is 2.81. The molecule has 0 saturated heterocycles. The molecular weight excluding hydrogens is 304 g/mol. The maximum atomic E-state index is 5.91. The van der Waals surface area contributed by atoms with Crippen LogP contribution in [0.1, 0.15) is 11.5 Å². The van der Waals surface area contributed by atoms with Crippen molar-refractivity contribution in [2.45, 2.75) is 12.8 Å². The van der Waals surface area contributed by atoms with Crippen molar-refractivity contribution in [1.82, 2.24) is 4.98 Å². The van der Waals surface area contributed by atoms with Crippen molar-refractivity contribution in [2.24, 2.45) is 0 Å². The van der Waals surface area contributed by atoms with Gasteiger partial charge in [-0.3, -0.25) is 0 Å². The van der Waals surface area contributed by atoms with Gasteiger partial charge in [-0.25, -0.2) is 4.98 Å². The van der Waals surface area contributed by atoms with Crippen LogP contribution in [0.4, 0.5) is 5.69 Å². The number of aromatic nitrogens is 1. The lowest BCUT2D eigenvalue weighted by molar-refractivity contribution is 0.529. The van der Waals surface area contributed by atoms with Crippen LogP contribution >= 0.6 is 15.9 Å². The third-order valence-electron chi connectivity index (χ3n) is 3.00. The molecule has 1 aromatic heterocycles. The minimum Gasteiger partial charge on any atom is -0.439 e. The summed E-state index contributed by atoms with van der Waals surface area (Å²) in [5.41, 5.74) is 9.28. The van der Waals surface area contributed by atoms with Crippen molar-refractivity contribution in [1.29, 1.82) is 0 Å². The number of rotatable bonds is 3. The Morgan fingerprint density at radius 2 is 1.89 bits per heavy atom. The van der Waals surface area contributed by atoms with Crippen molar-refractivity contribution < 1.29 is 4.42 Å². The van der Waals surface area contributed by atoms with Gasteiger partial charge in [-0.1, -0.05) is 46.3 Å². The number of nitrogen functional groups attached to an aromatic ring is 1. The molecule has 0 aliphatic carbocycles. The number of hydrogen-bond acceptors (Lipinski definition) is 3. The summed E-state index contributed by atoms with van der Waals surface area (Å²) in [7, 11) is 0. The van der Waals surface area contributed by atoms with Crippen LogP contribution in [0.15, 0.2) is 51.4 Å². The fourth-order valence-corrected chi connectivity index (χ4v) is 2.54. The van der Waals surface area contributed by atoms with Crippen LogP contribution in [-0.2, 0) is 12.8 Å². The summed E-state index contributed by atoms with van der Waals surface area (Å²) in [5, 5.41) is 0. The standard InChI is InChI=1S/C15H13BrN2O/c16-11-8-12(17)15-13(9-11)18-14(19-15)7-6-10-4-2-1-3-5-10/h1-5,8-9H,6-7,17H2. The Morgan fingerprint density at radius 3 is 2.68 bits per heavy atom. The fraction of sp³-hybridized carbons (Fsp3) is 0.133. The lowest BCUT2D eigenvalue weighted by Gasteiger charge is -1.97. The molecule has 0 radical (unpaired) electrons. The molecule has 3 nitrogen and oxygen atoms in total. The molecule has 0 fully saturated rings. The smallest absolute Gasteiger partial charge is 0.195 e. The van der Waals surface area contributed by atoms with E-state index in [1.54, 1.807) is 0 Å². The molecule has 4 heteroatoms. The first-order chi connectivity index (χ1) is 9.22. The van der Waals surface area contributed by atoms with Crippen LogP contribution < -0.4 is 5.73 Å². The quantitative estimate of drug-likeness (QED) is 0.744. The Labute approximate surface area is 119 Å². The highest BCUT2D eigenvalue weighted by molar-refractivity contribution is 9.10. The van der Waals surface area contributed by atoms with Crippen LogP contribution in [0.2, 0.25) is 0 Å². The van der Waals surface area contributed by atoms with E-state index in [-0.39, 0.29) is 0 Å². The van der Waals surface area contributed by atoms with Crippen molar-refractivity contribution in [2.75, 3.05) is 5.73 Å². The highest BCUT2D eigenvalue weighted by atomic mass is 79.9. The summed E-state index contributed by atoms with van der Waals surface area (Å²) < 4.78 is 6.64. The van der Waals surface area contributed by atoms with Crippen molar-refractivity contribution in [3.8, 4) is 0 Å². The number of hydrogen-bond donors (Lipinski definition) is 1. The van der Waals surface area contributed by atoms with E-state index in [9.17, 15) is 0 Å². The number of halogens is 1. The highest BCUT2D eigenvalue weighted by Gasteiger charge is 2.09. The largest absolute Gasteiger partial charge is 0.439 e. The monoisotopic (exact) mass is 316 g/mol. The van der Waals surface area contributed by atoms with E-state index in [1.807, 2.05) is 30.3 Å². The van der Waals surface area contributed by atoms with Crippen LogP contribution in [-0.4, -0.2) is 4.98 Å². The predicted octanol–water partition coefficient (Wildman–Crippen LogP) is 3.96. The van der Waals surface area contributed by atoms with Gasteiger partial charge in [0.25, 0.3) is 0 Å². The van der Waals surface area contributed by atoms with E-state index in [0.717, 1.165) is 28.7 Å². The minimum absolute atomic E-state index is 0.614. The molecular formula is C15H13BrN2O. The van der Waals surface area contributed by atoms with E-state index in [4.69, 9.17) is 10.2 Å². The molecule has 0 amide bonds. The van der Waals surface area contributed by atoms with E-state index < -0.39 is 0 Å². The van der Waals surface area contributed by atoms with Gasteiger partial charge in [-0.15, -0.1) is 0 Å². The number of aryl methyl sites for hydroxylation is 2.